The van der Waals surface area contributed by atoms with Crippen molar-refractivity contribution < 1.29 is 14.3 Å². The van der Waals surface area contributed by atoms with Crippen molar-refractivity contribution in [1.82, 2.24) is 5.32 Å². The number of aryl methyl sites for hydroxylation is 1. The first-order chi connectivity index (χ1) is 8.79. The molecule has 1 fully saturated rings. The first-order valence-electron chi connectivity index (χ1n) is 6.26. The van der Waals surface area contributed by atoms with Gasteiger partial charge < -0.3 is 14.8 Å². The minimum Gasteiger partial charge on any atom is -0.497 e. The molecule has 0 amide bonds. The van der Waals surface area contributed by atoms with E-state index < -0.39 is 0 Å². The first kappa shape index (κ1) is 13.1. The summed E-state index contributed by atoms with van der Waals surface area (Å²) in [7, 11) is 1.65. The summed E-state index contributed by atoms with van der Waals surface area (Å²) in [6.07, 6.45) is 1.31. The second-order valence-corrected chi connectivity index (χ2v) is 4.40. The van der Waals surface area contributed by atoms with Crippen molar-refractivity contribution in [2.75, 3.05) is 26.9 Å². The van der Waals surface area contributed by atoms with Crippen LogP contribution in [0.15, 0.2) is 24.3 Å². The zero-order valence-electron chi connectivity index (χ0n) is 10.6. The number of benzene rings is 1. The highest BCUT2D eigenvalue weighted by atomic mass is 16.5. The summed E-state index contributed by atoms with van der Waals surface area (Å²) < 4.78 is 10.4. The number of ketones is 1. The second-order valence-electron chi connectivity index (χ2n) is 4.40. The van der Waals surface area contributed by atoms with E-state index in [1.165, 1.54) is 0 Å². The highest BCUT2D eigenvalue weighted by molar-refractivity contribution is 5.84. The zero-order chi connectivity index (χ0) is 12.8. The molecule has 1 heterocycles. The number of carbonyl (C=O) groups excluding carboxylic acids is 1. The lowest BCUT2D eigenvalue weighted by Gasteiger charge is -2.22. The van der Waals surface area contributed by atoms with Crippen molar-refractivity contribution in [3.8, 4) is 5.75 Å². The van der Waals surface area contributed by atoms with E-state index in [2.05, 4.69) is 5.32 Å². The predicted molar refractivity (Wildman–Crippen MR) is 68.9 cm³/mol. The zero-order valence-corrected chi connectivity index (χ0v) is 10.6. The number of hydrogen-bond acceptors (Lipinski definition) is 4. The van der Waals surface area contributed by atoms with Gasteiger partial charge in [-0.25, -0.2) is 0 Å². The maximum atomic E-state index is 11.9. The molecule has 1 aromatic carbocycles. The lowest BCUT2D eigenvalue weighted by Crippen LogP contribution is -2.46. The molecule has 0 spiro atoms. The summed E-state index contributed by atoms with van der Waals surface area (Å²) in [5.41, 5.74) is 1.15. The lowest BCUT2D eigenvalue weighted by atomic mass is 10.0. The fourth-order valence-electron chi connectivity index (χ4n) is 2.01. The Morgan fingerprint density at radius 1 is 1.44 bits per heavy atom. The largest absolute Gasteiger partial charge is 0.497 e. The average Bonchev–Trinajstić information content (AvgIpc) is 2.46. The number of morpholine rings is 1. The van der Waals surface area contributed by atoms with Gasteiger partial charge in [-0.05, 0) is 24.1 Å². The Morgan fingerprint density at radius 3 is 2.83 bits per heavy atom. The van der Waals surface area contributed by atoms with Gasteiger partial charge in [-0.1, -0.05) is 12.1 Å². The molecule has 0 aliphatic carbocycles. The third kappa shape index (κ3) is 3.55. The molecule has 1 saturated heterocycles. The predicted octanol–water partition coefficient (Wildman–Crippen LogP) is 1.19. The lowest BCUT2D eigenvalue weighted by molar-refractivity contribution is -0.123. The Labute approximate surface area is 107 Å². The normalized spacial score (nSPS) is 19.5. The van der Waals surface area contributed by atoms with Crippen LogP contribution in [0.5, 0.6) is 5.75 Å². The van der Waals surface area contributed by atoms with Crippen LogP contribution in [0, 0.1) is 0 Å². The number of nitrogens with one attached hydrogen (secondary N) is 1. The maximum Gasteiger partial charge on any atom is 0.152 e. The number of ether oxygens (including phenoxy) is 2. The first-order valence-corrected chi connectivity index (χ1v) is 6.26. The van der Waals surface area contributed by atoms with E-state index in [0.717, 1.165) is 24.3 Å². The highest BCUT2D eigenvalue weighted by Gasteiger charge is 2.20. The van der Waals surface area contributed by atoms with E-state index in [1.54, 1.807) is 7.11 Å². The van der Waals surface area contributed by atoms with Gasteiger partial charge in [0.25, 0.3) is 0 Å². The highest BCUT2D eigenvalue weighted by Crippen LogP contribution is 2.13. The van der Waals surface area contributed by atoms with Crippen LogP contribution in [0.25, 0.3) is 0 Å². The fourth-order valence-corrected chi connectivity index (χ4v) is 2.01. The average molecular weight is 249 g/mol. The van der Waals surface area contributed by atoms with Crippen LogP contribution in [0.3, 0.4) is 0 Å². The number of hydrogen-bond donors (Lipinski definition) is 1. The molecule has 4 nitrogen and oxygen atoms in total. The van der Waals surface area contributed by atoms with Crippen LogP contribution in [-0.4, -0.2) is 38.7 Å². The SMILES string of the molecule is COc1ccc(CCC(=O)C2COCCN2)cc1. The van der Waals surface area contributed by atoms with Crippen molar-refractivity contribution >= 4 is 5.78 Å². The molecular weight excluding hydrogens is 230 g/mol. The van der Waals surface area contributed by atoms with Gasteiger partial charge in [-0.2, -0.15) is 0 Å². The molecule has 1 aliphatic rings. The fraction of sp³-hybridized carbons (Fsp3) is 0.500. The molecule has 2 rings (SSSR count). The molecule has 1 aliphatic heterocycles. The van der Waals surface area contributed by atoms with E-state index in [0.29, 0.717) is 19.6 Å². The molecule has 1 atom stereocenters. The van der Waals surface area contributed by atoms with E-state index >= 15 is 0 Å². The van der Waals surface area contributed by atoms with Crippen LogP contribution in [-0.2, 0) is 16.0 Å². The van der Waals surface area contributed by atoms with Crippen LogP contribution in [0.4, 0.5) is 0 Å². The van der Waals surface area contributed by atoms with Crippen LogP contribution >= 0.6 is 0 Å². The Bertz CT molecular complexity index is 383. The molecule has 0 aromatic heterocycles. The third-order valence-electron chi connectivity index (χ3n) is 3.13. The topological polar surface area (TPSA) is 47.6 Å². The van der Waals surface area contributed by atoms with E-state index in [1.807, 2.05) is 24.3 Å². The summed E-state index contributed by atoms with van der Waals surface area (Å²) >= 11 is 0. The van der Waals surface area contributed by atoms with Gasteiger partial charge >= 0.3 is 0 Å². The molecule has 1 aromatic rings. The maximum absolute atomic E-state index is 11.9. The number of rotatable bonds is 5. The smallest absolute Gasteiger partial charge is 0.152 e. The molecule has 1 unspecified atom stereocenters. The molecule has 0 radical (unpaired) electrons. The van der Waals surface area contributed by atoms with Gasteiger partial charge in [0.2, 0.25) is 0 Å². The van der Waals surface area contributed by atoms with Gasteiger partial charge in [-0.15, -0.1) is 0 Å². The van der Waals surface area contributed by atoms with Crippen molar-refractivity contribution in [2.24, 2.45) is 0 Å². The molecule has 0 bridgehead atoms. The van der Waals surface area contributed by atoms with Crippen LogP contribution < -0.4 is 10.1 Å². The molecule has 4 heteroatoms. The summed E-state index contributed by atoms with van der Waals surface area (Å²) in [5.74, 6) is 1.07. The van der Waals surface area contributed by atoms with Crippen LogP contribution in [0.2, 0.25) is 0 Å². The van der Waals surface area contributed by atoms with E-state index in [-0.39, 0.29) is 11.8 Å². The van der Waals surface area contributed by atoms with E-state index in [9.17, 15) is 4.79 Å². The van der Waals surface area contributed by atoms with Gasteiger partial charge in [-0.3, -0.25) is 4.79 Å². The van der Waals surface area contributed by atoms with Gasteiger partial charge in [0.05, 0.1) is 26.4 Å². The number of methoxy groups -OCH3 is 1. The van der Waals surface area contributed by atoms with Gasteiger partial charge in [0, 0.05) is 13.0 Å². The number of carbonyl (C=O) groups is 1. The Balaban J connectivity index is 1.80. The van der Waals surface area contributed by atoms with Crippen molar-refractivity contribution in [3.63, 3.8) is 0 Å². The standard InChI is InChI=1S/C14H19NO3/c1-17-12-5-2-11(3-6-12)4-7-14(16)13-10-18-9-8-15-13/h2-3,5-6,13,15H,4,7-10H2,1H3. The molecular formula is C14H19NO3. The summed E-state index contributed by atoms with van der Waals surface area (Å²) in [6, 6.07) is 7.70. The van der Waals surface area contributed by atoms with Gasteiger partial charge in [0.1, 0.15) is 5.75 Å². The molecule has 98 valence electrons. The summed E-state index contributed by atoms with van der Waals surface area (Å²) in [4.78, 5) is 11.9. The third-order valence-corrected chi connectivity index (χ3v) is 3.13. The second kappa shape index (κ2) is 6.52. The molecule has 0 saturated carbocycles. The molecule has 18 heavy (non-hydrogen) atoms. The Hall–Kier alpha value is -1.39. The number of Topliss-reactive ketones (excluding diaryl/α,β-unsaturated/α-hetero) is 1. The summed E-state index contributed by atoms with van der Waals surface area (Å²) in [5, 5.41) is 3.18. The van der Waals surface area contributed by atoms with E-state index in [4.69, 9.17) is 9.47 Å². The monoisotopic (exact) mass is 249 g/mol. The van der Waals surface area contributed by atoms with Crippen LogP contribution in [0.1, 0.15) is 12.0 Å². The Morgan fingerprint density at radius 2 is 2.22 bits per heavy atom. The minimum absolute atomic E-state index is 0.128. The quantitative estimate of drug-likeness (QED) is 0.851. The van der Waals surface area contributed by atoms with Crippen molar-refractivity contribution in [3.05, 3.63) is 29.8 Å². The van der Waals surface area contributed by atoms with Crippen molar-refractivity contribution in [2.45, 2.75) is 18.9 Å². The summed E-state index contributed by atoms with van der Waals surface area (Å²) in [6.45, 7) is 1.96. The Kier molecular flexibility index (Phi) is 4.73. The minimum atomic E-state index is -0.128. The van der Waals surface area contributed by atoms with Crippen molar-refractivity contribution in [1.29, 1.82) is 0 Å². The van der Waals surface area contributed by atoms with Gasteiger partial charge in [0.15, 0.2) is 5.78 Å². The molecule has 1 N–H and O–H groups in total.